The van der Waals surface area contributed by atoms with Crippen molar-refractivity contribution in [2.75, 3.05) is 7.11 Å². The molecule has 1 saturated heterocycles. The van der Waals surface area contributed by atoms with Gasteiger partial charge in [0.2, 0.25) is 0 Å². The second-order valence-corrected chi connectivity index (χ2v) is 6.87. The molecule has 4 heteroatoms. The van der Waals surface area contributed by atoms with Gasteiger partial charge in [0.25, 0.3) is 0 Å². The number of esters is 1. The number of hydrogen-bond acceptors (Lipinski definition) is 4. The molecular formula is C15H18O4. The number of hydrogen-bond donors (Lipinski definition) is 0. The molecule has 2 aliphatic heterocycles. The summed E-state index contributed by atoms with van der Waals surface area (Å²) in [5.41, 5.74) is -0.705. The van der Waals surface area contributed by atoms with Crippen LogP contribution >= 0.6 is 0 Å². The predicted octanol–water partition coefficient (Wildman–Crippen LogP) is 1.63. The van der Waals surface area contributed by atoms with E-state index in [-0.39, 0.29) is 17.2 Å². The average Bonchev–Trinajstić information content (AvgIpc) is 3.00. The number of ether oxygens (including phenoxy) is 2. The van der Waals surface area contributed by atoms with E-state index < -0.39 is 17.1 Å². The third-order valence-corrected chi connectivity index (χ3v) is 6.38. The van der Waals surface area contributed by atoms with Crippen LogP contribution in [-0.4, -0.2) is 30.6 Å². The number of methoxy groups -OCH3 is 1. The zero-order valence-electron chi connectivity index (χ0n) is 11.5. The molecule has 2 heterocycles. The van der Waals surface area contributed by atoms with Crippen LogP contribution in [-0.2, 0) is 19.1 Å². The molecule has 4 aliphatic rings. The summed E-state index contributed by atoms with van der Waals surface area (Å²) in [6, 6.07) is 0. The normalized spacial score (nSPS) is 48.4. The Kier molecular flexibility index (Phi) is 1.81. The Morgan fingerprint density at radius 3 is 2.84 bits per heavy atom. The molecule has 2 saturated carbocycles. The van der Waals surface area contributed by atoms with Crippen LogP contribution in [0, 0.1) is 16.7 Å². The lowest BCUT2D eigenvalue weighted by Gasteiger charge is -2.43. The lowest BCUT2D eigenvalue weighted by atomic mass is 9.57. The molecule has 3 fully saturated rings. The number of rotatable bonds is 1. The summed E-state index contributed by atoms with van der Waals surface area (Å²) < 4.78 is 10.9. The summed E-state index contributed by atoms with van der Waals surface area (Å²) in [6.07, 6.45) is 3.84. The van der Waals surface area contributed by atoms with Crippen molar-refractivity contribution in [3.63, 3.8) is 0 Å². The highest BCUT2D eigenvalue weighted by molar-refractivity contribution is 6.05. The molecule has 2 aliphatic carbocycles. The summed E-state index contributed by atoms with van der Waals surface area (Å²) in [7, 11) is 1.39. The van der Waals surface area contributed by atoms with Crippen molar-refractivity contribution >= 4 is 11.8 Å². The number of carbonyl (C=O) groups excluding carboxylic acids is 2. The second-order valence-electron chi connectivity index (χ2n) is 6.87. The fraction of sp³-hybridized carbons (Fsp3) is 0.733. The molecule has 4 bridgehead atoms. The fourth-order valence-electron chi connectivity index (χ4n) is 5.47. The van der Waals surface area contributed by atoms with Crippen LogP contribution in [0.4, 0.5) is 0 Å². The maximum atomic E-state index is 12.8. The molecular weight excluding hydrogens is 244 g/mol. The predicted molar refractivity (Wildman–Crippen MR) is 66.3 cm³/mol. The lowest BCUT2D eigenvalue weighted by molar-refractivity contribution is -0.141. The highest BCUT2D eigenvalue weighted by Crippen LogP contribution is 2.77. The first-order valence-corrected chi connectivity index (χ1v) is 6.93. The quantitative estimate of drug-likeness (QED) is 0.674. The van der Waals surface area contributed by atoms with Gasteiger partial charge in [0, 0.05) is 0 Å². The van der Waals surface area contributed by atoms with Crippen LogP contribution in [0.2, 0.25) is 0 Å². The van der Waals surface area contributed by atoms with Gasteiger partial charge in [-0.1, -0.05) is 13.8 Å². The van der Waals surface area contributed by atoms with Gasteiger partial charge in [-0.15, -0.1) is 0 Å². The van der Waals surface area contributed by atoms with Gasteiger partial charge < -0.3 is 9.47 Å². The molecule has 0 aromatic heterocycles. The van der Waals surface area contributed by atoms with Gasteiger partial charge in [-0.05, 0) is 36.7 Å². The van der Waals surface area contributed by atoms with Gasteiger partial charge in [-0.3, -0.25) is 4.79 Å². The van der Waals surface area contributed by atoms with E-state index >= 15 is 0 Å². The first kappa shape index (κ1) is 11.6. The van der Waals surface area contributed by atoms with Gasteiger partial charge in [-0.25, -0.2) is 4.79 Å². The van der Waals surface area contributed by atoms with Crippen molar-refractivity contribution in [3.8, 4) is 0 Å². The van der Waals surface area contributed by atoms with Crippen molar-refractivity contribution in [2.45, 2.75) is 44.8 Å². The van der Waals surface area contributed by atoms with Gasteiger partial charge >= 0.3 is 5.97 Å². The summed E-state index contributed by atoms with van der Waals surface area (Å²) in [6.45, 7) is 4.33. The SMILES string of the molecule is COC(=O)C1=C[C@@H]2O[C@]13C[C@@H]1CC[C@@]3(C2=O)C1(C)C. The first-order chi connectivity index (χ1) is 8.90. The highest BCUT2D eigenvalue weighted by Gasteiger charge is 2.83. The Labute approximate surface area is 112 Å². The first-order valence-electron chi connectivity index (χ1n) is 6.93. The van der Waals surface area contributed by atoms with Gasteiger partial charge in [-0.2, -0.15) is 0 Å². The monoisotopic (exact) mass is 262 g/mol. The molecule has 4 atom stereocenters. The third kappa shape index (κ3) is 0.882. The Bertz CT molecular complexity index is 546. The number of carbonyl (C=O) groups is 2. The highest BCUT2D eigenvalue weighted by atomic mass is 16.5. The molecule has 0 radical (unpaired) electrons. The Balaban J connectivity index is 1.95. The minimum Gasteiger partial charge on any atom is -0.466 e. The standard InChI is InChI=1S/C15H18O4/c1-13(2)8-4-5-14(13)11(16)10-6-9(12(17)18-3)15(14,7-8)19-10/h6,8,10H,4-5,7H2,1-3H3/t8-,10-,14+,15+/m0/s1. The maximum absolute atomic E-state index is 12.8. The van der Waals surface area contributed by atoms with E-state index in [1.165, 1.54) is 7.11 Å². The minimum absolute atomic E-state index is 0.0909. The zero-order chi connectivity index (χ0) is 13.6. The number of ketones is 1. The van der Waals surface area contributed by atoms with Crippen molar-refractivity contribution in [2.24, 2.45) is 16.7 Å². The molecule has 4 nitrogen and oxygen atoms in total. The van der Waals surface area contributed by atoms with Crippen LogP contribution in [0.25, 0.3) is 0 Å². The van der Waals surface area contributed by atoms with Crippen LogP contribution in [0.3, 0.4) is 0 Å². The van der Waals surface area contributed by atoms with Crippen molar-refractivity contribution < 1.29 is 19.1 Å². The molecule has 0 aromatic carbocycles. The van der Waals surface area contributed by atoms with Gasteiger partial charge in [0.15, 0.2) is 5.78 Å². The van der Waals surface area contributed by atoms with Crippen molar-refractivity contribution in [1.82, 2.24) is 0 Å². The molecule has 4 rings (SSSR count). The van der Waals surface area contributed by atoms with Crippen molar-refractivity contribution in [3.05, 3.63) is 11.6 Å². The third-order valence-electron chi connectivity index (χ3n) is 6.38. The molecule has 0 N–H and O–H groups in total. The molecule has 19 heavy (non-hydrogen) atoms. The molecule has 0 aromatic rings. The fourth-order valence-corrected chi connectivity index (χ4v) is 5.47. The largest absolute Gasteiger partial charge is 0.466 e. The number of fused-ring (bicyclic) bond motifs is 2. The minimum atomic E-state index is -0.700. The van der Waals surface area contributed by atoms with Gasteiger partial charge in [0.1, 0.15) is 11.7 Å². The van der Waals surface area contributed by atoms with E-state index in [0.717, 1.165) is 19.3 Å². The Morgan fingerprint density at radius 2 is 2.21 bits per heavy atom. The zero-order valence-corrected chi connectivity index (χ0v) is 11.5. The van der Waals surface area contributed by atoms with Crippen LogP contribution < -0.4 is 0 Å². The summed E-state index contributed by atoms with van der Waals surface area (Å²) in [5.74, 6) is 0.298. The summed E-state index contributed by atoms with van der Waals surface area (Å²) in [4.78, 5) is 24.8. The Hall–Kier alpha value is -1.16. The topological polar surface area (TPSA) is 52.6 Å². The smallest absolute Gasteiger partial charge is 0.336 e. The van der Waals surface area contributed by atoms with Crippen LogP contribution in [0.15, 0.2) is 11.6 Å². The number of Topliss-reactive ketones (excluding diaryl/α,β-unsaturated/α-hetero) is 1. The van der Waals surface area contributed by atoms with Crippen LogP contribution in [0.1, 0.15) is 33.1 Å². The molecule has 2 spiro atoms. The van der Waals surface area contributed by atoms with E-state index in [4.69, 9.17) is 9.47 Å². The molecule has 0 unspecified atom stereocenters. The summed E-state index contributed by atoms with van der Waals surface area (Å²) in [5, 5.41) is 0. The van der Waals surface area contributed by atoms with E-state index in [9.17, 15) is 9.59 Å². The van der Waals surface area contributed by atoms with E-state index in [2.05, 4.69) is 13.8 Å². The van der Waals surface area contributed by atoms with E-state index in [1.54, 1.807) is 6.08 Å². The van der Waals surface area contributed by atoms with Crippen molar-refractivity contribution in [1.29, 1.82) is 0 Å². The van der Waals surface area contributed by atoms with Gasteiger partial charge in [0.05, 0.1) is 18.1 Å². The molecule has 0 amide bonds. The average molecular weight is 262 g/mol. The van der Waals surface area contributed by atoms with E-state index in [0.29, 0.717) is 11.5 Å². The van der Waals surface area contributed by atoms with E-state index in [1.807, 2.05) is 0 Å². The van der Waals surface area contributed by atoms with Crippen LogP contribution in [0.5, 0.6) is 0 Å². The second kappa shape index (κ2) is 2.95. The summed E-state index contributed by atoms with van der Waals surface area (Å²) >= 11 is 0. The Morgan fingerprint density at radius 1 is 1.47 bits per heavy atom. The maximum Gasteiger partial charge on any atom is 0.336 e. The lowest BCUT2D eigenvalue weighted by Crippen LogP contribution is -2.53. The molecule has 102 valence electrons.